The summed E-state index contributed by atoms with van der Waals surface area (Å²) in [4.78, 5) is 0. The van der Waals surface area contributed by atoms with Crippen molar-refractivity contribution in [2.75, 3.05) is 25.1 Å². The van der Waals surface area contributed by atoms with E-state index in [-0.39, 0.29) is 0 Å². The molecule has 1 N–H and O–H groups in total. The smallest absolute Gasteiger partial charge is 0.0669 e. The Hall–Kier alpha value is -1.53. The van der Waals surface area contributed by atoms with E-state index in [1.54, 1.807) is 0 Å². The van der Waals surface area contributed by atoms with E-state index in [1.807, 2.05) is 24.3 Å². The molecule has 0 aromatic heterocycles. The maximum Gasteiger partial charge on any atom is 0.0669 e. The highest BCUT2D eigenvalue weighted by Crippen LogP contribution is 2.16. The summed E-state index contributed by atoms with van der Waals surface area (Å²) >= 11 is 0. The van der Waals surface area contributed by atoms with E-state index >= 15 is 0 Å². The topological polar surface area (TPSA) is 45.0 Å². The van der Waals surface area contributed by atoms with Gasteiger partial charge in [-0.25, -0.2) is 0 Å². The second-order valence-corrected chi connectivity index (χ2v) is 4.47. The van der Waals surface area contributed by atoms with Crippen molar-refractivity contribution in [2.45, 2.75) is 19.3 Å². The molecule has 0 unspecified atom stereocenters. The number of nitrogens with one attached hydrogen (secondary N) is 1. The average molecular weight is 230 g/mol. The molecule has 0 amide bonds. The Balaban J connectivity index is 1.80. The van der Waals surface area contributed by atoms with Gasteiger partial charge in [0.05, 0.1) is 12.5 Å². The number of nitrogens with zero attached hydrogens (tertiary/aromatic N) is 1. The highest BCUT2D eigenvalue weighted by molar-refractivity contribution is 5.45. The fraction of sp³-hybridized carbons (Fsp3) is 0.500. The monoisotopic (exact) mass is 230 g/mol. The zero-order chi connectivity index (χ0) is 11.9. The van der Waals surface area contributed by atoms with Crippen LogP contribution in [0.3, 0.4) is 0 Å². The normalized spacial score (nSPS) is 16.4. The van der Waals surface area contributed by atoms with Gasteiger partial charge in [-0.05, 0) is 36.5 Å². The van der Waals surface area contributed by atoms with Gasteiger partial charge in [0.1, 0.15) is 0 Å². The molecule has 90 valence electrons. The minimum atomic E-state index is 0.486. The van der Waals surface area contributed by atoms with Crippen LogP contribution in [-0.4, -0.2) is 19.8 Å². The van der Waals surface area contributed by atoms with Crippen LogP contribution in [0.5, 0.6) is 0 Å². The van der Waals surface area contributed by atoms with Crippen molar-refractivity contribution in [3.8, 4) is 6.07 Å². The van der Waals surface area contributed by atoms with Gasteiger partial charge in [-0.3, -0.25) is 0 Å². The van der Waals surface area contributed by atoms with Crippen molar-refractivity contribution in [1.29, 1.82) is 5.26 Å². The first-order valence-electron chi connectivity index (χ1n) is 6.16. The third kappa shape index (κ3) is 3.76. The van der Waals surface area contributed by atoms with Crippen LogP contribution in [0, 0.1) is 17.2 Å². The number of rotatable bonds is 4. The third-order valence-corrected chi connectivity index (χ3v) is 3.17. The predicted octanol–water partition coefficient (Wildman–Crippen LogP) is 2.59. The summed E-state index contributed by atoms with van der Waals surface area (Å²) in [7, 11) is 0. The Morgan fingerprint density at radius 1 is 1.24 bits per heavy atom. The van der Waals surface area contributed by atoms with E-state index in [0.717, 1.165) is 49.8 Å². The maximum absolute atomic E-state index is 8.59. The summed E-state index contributed by atoms with van der Waals surface area (Å²) < 4.78 is 5.34. The van der Waals surface area contributed by atoms with Crippen LogP contribution >= 0.6 is 0 Å². The number of nitriles is 1. The van der Waals surface area contributed by atoms with Crippen molar-refractivity contribution < 1.29 is 4.74 Å². The molecule has 0 radical (unpaired) electrons. The lowest BCUT2D eigenvalue weighted by molar-refractivity contribution is 0.0699. The van der Waals surface area contributed by atoms with Gasteiger partial charge >= 0.3 is 0 Å². The molecule has 0 bridgehead atoms. The molecular formula is C14H18N2O. The van der Waals surface area contributed by atoms with Gasteiger partial charge < -0.3 is 10.1 Å². The van der Waals surface area contributed by atoms with E-state index in [0.29, 0.717) is 6.42 Å². The van der Waals surface area contributed by atoms with Crippen LogP contribution in [0.1, 0.15) is 18.4 Å². The molecule has 0 saturated carbocycles. The highest BCUT2D eigenvalue weighted by Gasteiger charge is 2.12. The molecule has 1 saturated heterocycles. The molecule has 2 rings (SSSR count). The molecule has 3 heteroatoms. The molecule has 1 heterocycles. The van der Waals surface area contributed by atoms with Crippen LogP contribution in [0.4, 0.5) is 5.69 Å². The number of ether oxygens (including phenoxy) is 1. The van der Waals surface area contributed by atoms with Crippen molar-refractivity contribution in [1.82, 2.24) is 0 Å². The summed E-state index contributed by atoms with van der Waals surface area (Å²) in [5.74, 6) is 0.725. The summed E-state index contributed by atoms with van der Waals surface area (Å²) in [5, 5.41) is 12.0. The van der Waals surface area contributed by atoms with Crippen LogP contribution in [0.2, 0.25) is 0 Å². The fourth-order valence-corrected chi connectivity index (χ4v) is 2.04. The Kier molecular flexibility index (Phi) is 4.40. The third-order valence-electron chi connectivity index (χ3n) is 3.17. The van der Waals surface area contributed by atoms with Gasteiger partial charge in [0.15, 0.2) is 0 Å². The van der Waals surface area contributed by atoms with Gasteiger partial charge in [-0.15, -0.1) is 0 Å². The van der Waals surface area contributed by atoms with Crippen LogP contribution in [0.25, 0.3) is 0 Å². The largest absolute Gasteiger partial charge is 0.385 e. The van der Waals surface area contributed by atoms with E-state index < -0.39 is 0 Å². The minimum Gasteiger partial charge on any atom is -0.385 e. The van der Waals surface area contributed by atoms with E-state index in [2.05, 4.69) is 11.4 Å². The molecule has 1 aromatic rings. The van der Waals surface area contributed by atoms with Gasteiger partial charge in [0.2, 0.25) is 0 Å². The van der Waals surface area contributed by atoms with E-state index in [9.17, 15) is 0 Å². The molecule has 0 aliphatic carbocycles. The standard InChI is InChI=1S/C14H18N2O/c15-8-5-12-1-3-14(4-2-12)16-11-13-6-9-17-10-7-13/h1-4,13,16H,5-7,9-11H2. The molecule has 3 nitrogen and oxygen atoms in total. The second kappa shape index (κ2) is 6.27. The van der Waals surface area contributed by atoms with Crippen molar-refractivity contribution in [3.63, 3.8) is 0 Å². The first kappa shape index (κ1) is 11.9. The molecule has 0 spiro atoms. The van der Waals surface area contributed by atoms with Crippen LogP contribution < -0.4 is 5.32 Å². The molecule has 1 aliphatic heterocycles. The lowest BCUT2D eigenvalue weighted by Crippen LogP contribution is -2.22. The minimum absolute atomic E-state index is 0.486. The lowest BCUT2D eigenvalue weighted by Gasteiger charge is -2.22. The van der Waals surface area contributed by atoms with Crippen LogP contribution in [0.15, 0.2) is 24.3 Å². The predicted molar refractivity (Wildman–Crippen MR) is 67.8 cm³/mol. The first-order valence-corrected chi connectivity index (χ1v) is 6.16. The number of hydrogen-bond acceptors (Lipinski definition) is 3. The Bertz CT molecular complexity index is 374. The zero-order valence-corrected chi connectivity index (χ0v) is 9.98. The molecular weight excluding hydrogens is 212 g/mol. The number of benzene rings is 1. The van der Waals surface area contributed by atoms with Crippen molar-refractivity contribution in [2.24, 2.45) is 5.92 Å². The second-order valence-electron chi connectivity index (χ2n) is 4.47. The van der Waals surface area contributed by atoms with Crippen molar-refractivity contribution >= 4 is 5.69 Å². The molecule has 0 atom stereocenters. The van der Waals surface area contributed by atoms with Gasteiger partial charge in [-0.2, -0.15) is 5.26 Å². The summed E-state index contributed by atoms with van der Waals surface area (Å²) in [6.07, 6.45) is 2.79. The lowest BCUT2D eigenvalue weighted by atomic mass is 10.0. The van der Waals surface area contributed by atoms with Crippen LogP contribution in [-0.2, 0) is 11.2 Å². The molecule has 1 fully saturated rings. The Labute approximate surface area is 102 Å². The summed E-state index contributed by atoms with van der Waals surface area (Å²) in [6, 6.07) is 10.3. The Morgan fingerprint density at radius 2 is 1.94 bits per heavy atom. The quantitative estimate of drug-likeness (QED) is 0.864. The SMILES string of the molecule is N#CCc1ccc(NCC2CCOCC2)cc1. The first-order chi connectivity index (χ1) is 8.38. The number of hydrogen-bond donors (Lipinski definition) is 1. The van der Waals surface area contributed by atoms with Gasteiger partial charge in [-0.1, -0.05) is 12.1 Å². The molecule has 1 aliphatic rings. The number of anilines is 1. The highest BCUT2D eigenvalue weighted by atomic mass is 16.5. The summed E-state index contributed by atoms with van der Waals surface area (Å²) in [5.41, 5.74) is 2.21. The van der Waals surface area contributed by atoms with E-state index in [4.69, 9.17) is 10.00 Å². The average Bonchev–Trinajstić information content (AvgIpc) is 2.40. The Morgan fingerprint density at radius 3 is 2.59 bits per heavy atom. The van der Waals surface area contributed by atoms with Crippen molar-refractivity contribution in [3.05, 3.63) is 29.8 Å². The van der Waals surface area contributed by atoms with Gasteiger partial charge in [0.25, 0.3) is 0 Å². The molecule has 17 heavy (non-hydrogen) atoms. The zero-order valence-electron chi connectivity index (χ0n) is 9.98. The van der Waals surface area contributed by atoms with Gasteiger partial charge in [0, 0.05) is 25.4 Å². The fourth-order valence-electron chi connectivity index (χ4n) is 2.04. The maximum atomic E-state index is 8.59. The summed E-state index contributed by atoms with van der Waals surface area (Å²) in [6.45, 7) is 2.81. The van der Waals surface area contributed by atoms with E-state index in [1.165, 1.54) is 0 Å². The molecule has 1 aromatic carbocycles.